The molecule has 0 aliphatic carbocycles. The van der Waals surface area contributed by atoms with Crippen molar-refractivity contribution in [1.29, 1.82) is 0 Å². The lowest BCUT2D eigenvalue weighted by Gasteiger charge is -2.02. The van der Waals surface area contributed by atoms with Gasteiger partial charge in [-0.25, -0.2) is 4.79 Å². The molecule has 0 fully saturated rings. The Morgan fingerprint density at radius 1 is 1.47 bits per heavy atom. The molecule has 1 aromatic heterocycles. The summed E-state index contributed by atoms with van der Waals surface area (Å²) in [6.45, 7) is 4.27. The lowest BCUT2D eigenvalue weighted by molar-refractivity contribution is 0.0697. The second kappa shape index (κ2) is 4.84. The predicted octanol–water partition coefficient (Wildman–Crippen LogP) is 3.77. The van der Waals surface area contributed by atoms with Gasteiger partial charge in [-0.05, 0) is 23.4 Å². The topological polar surface area (TPSA) is 50.4 Å². The number of carboxylic acids is 1. The number of aromatic carboxylic acids is 1. The summed E-state index contributed by atoms with van der Waals surface area (Å²) in [7, 11) is 0. The van der Waals surface area contributed by atoms with Gasteiger partial charge in [0, 0.05) is 16.7 Å². The van der Waals surface area contributed by atoms with Crippen molar-refractivity contribution in [2.45, 2.75) is 24.9 Å². The SMILES string of the molecule is CC(C)SCc1coc2ccc(C(=O)O)cc12. The molecule has 0 unspecified atom stereocenters. The minimum atomic E-state index is -0.907. The first-order valence-electron chi connectivity index (χ1n) is 5.43. The van der Waals surface area contributed by atoms with Crippen LogP contribution in [-0.4, -0.2) is 16.3 Å². The van der Waals surface area contributed by atoms with Crippen molar-refractivity contribution in [2.75, 3.05) is 0 Å². The van der Waals surface area contributed by atoms with E-state index < -0.39 is 5.97 Å². The Morgan fingerprint density at radius 2 is 2.24 bits per heavy atom. The summed E-state index contributed by atoms with van der Waals surface area (Å²) >= 11 is 1.81. The Morgan fingerprint density at radius 3 is 2.88 bits per heavy atom. The average Bonchev–Trinajstić information content (AvgIpc) is 2.68. The van der Waals surface area contributed by atoms with Gasteiger partial charge in [0.2, 0.25) is 0 Å². The molecule has 0 saturated heterocycles. The maximum Gasteiger partial charge on any atom is 0.335 e. The third-order valence-corrected chi connectivity index (χ3v) is 3.62. The highest BCUT2D eigenvalue weighted by Crippen LogP contribution is 2.27. The molecule has 0 radical (unpaired) electrons. The van der Waals surface area contributed by atoms with Gasteiger partial charge in [0.25, 0.3) is 0 Å². The Hall–Kier alpha value is -1.42. The minimum Gasteiger partial charge on any atom is -0.478 e. The van der Waals surface area contributed by atoms with E-state index in [0.29, 0.717) is 10.8 Å². The summed E-state index contributed by atoms with van der Waals surface area (Å²) in [6, 6.07) is 4.95. The molecule has 3 nitrogen and oxygen atoms in total. The molecule has 0 bridgehead atoms. The molecule has 4 heteroatoms. The lowest BCUT2D eigenvalue weighted by Crippen LogP contribution is -1.95. The smallest absolute Gasteiger partial charge is 0.335 e. The van der Waals surface area contributed by atoms with Crippen LogP contribution in [0.1, 0.15) is 29.8 Å². The second-order valence-electron chi connectivity index (χ2n) is 4.14. The molecule has 17 heavy (non-hydrogen) atoms. The molecule has 90 valence electrons. The van der Waals surface area contributed by atoms with E-state index in [0.717, 1.165) is 22.3 Å². The molecule has 2 rings (SSSR count). The average molecular weight is 250 g/mol. The fraction of sp³-hybridized carbons (Fsp3) is 0.308. The van der Waals surface area contributed by atoms with Gasteiger partial charge in [-0.2, -0.15) is 11.8 Å². The van der Waals surface area contributed by atoms with Crippen LogP contribution < -0.4 is 0 Å². The van der Waals surface area contributed by atoms with E-state index in [-0.39, 0.29) is 0 Å². The molecule has 0 aliphatic rings. The summed E-state index contributed by atoms with van der Waals surface area (Å²) in [6.07, 6.45) is 1.71. The zero-order valence-electron chi connectivity index (χ0n) is 9.77. The van der Waals surface area contributed by atoms with Crippen molar-refractivity contribution in [3.63, 3.8) is 0 Å². The summed E-state index contributed by atoms with van der Waals surface area (Å²) in [5.74, 6) is -0.0659. The summed E-state index contributed by atoms with van der Waals surface area (Å²) in [5, 5.41) is 10.4. The van der Waals surface area contributed by atoms with E-state index in [4.69, 9.17) is 9.52 Å². The molecule has 0 amide bonds. The van der Waals surface area contributed by atoms with Gasteiger partial charge in [-0.15, -0.1) is 0 Å². The third-order valence-electron chi connectivity index (χ3n) is 2.47. The third kappa shape index (κ3) is 2.64. The lowest BCUT2D eigenvalue weighted by atomic mass is 10.1. The van der Waals surface area contributed by atoms with Crippen LogP contribution in [0.15, 0.2) is 28.9 Å². The normalized spacial score (nSPS) is 11.2. The monoisotopic (exact) mass is 250 g/mol. The summed E-state index contributed by atoms with van der Waals surface area (Å²) < 4.78 is 5.41. The van der Waals surface area contributed by atoms with Crippen molar-refractivity contribution in [3.05, 3.63) is 35.6 Å². The Balaban J connectivity index is 2.36. The van der Waals surface area contributed by atoms with E-state index in [2.05, 4.69) is 13.8 Å². The van der Waals surface area contributed by atoms with Crippen LogP contribution in [0.4, 0.5) is 0 Å². The molecule has 1 aromatic carbocycles. The van der Waals surface area contributed by atoms with Crippen LogP contribution in [-0.2, 0) is 5.75 Å². The number of thioether (sulfide) groups is 1. The van der Waals surface area contributed by atoms with Gasteiger partial charge in [0.15, 0.2) is 0 Å². The van der Waals surface area contributed by atoms with E-state index in [1.165, 1.54) is 0 Å². The molecule has 1 N–H and O–H groups in total. The first kappa shape index (κ1) is 12.0. The van der Waals surface area contributed by atoms with Crippen molar-refractivity contribution >= 4 is 28.7 Å². The zero-order chi connectivity index (χ0) is 12.4. The number of benzene rings is 1. The number of rotatable bonds is 4. The van der Waals surface area contributed by atoms with Crippen LogP contribution in [0.2, 0.25) is 0 Å². The zero-order valence-corrected chi connectivity index (χ0v) is 10.6. The van der Waals surface area contributed by atoms with E-state index in [1.807, 2.05) is 11.8 Å². The molecule has 0 atom stereocenters. The summed E-state index contributed by atoms with van der Waals surface area (Å²) in [4.78, 5) is 10.9. The first-order valence-corrected chi connectivity index (χ1v) is 6.48. The van der Waals surface area contributed by atoms with Crippen LogP contribution in [0, 0.1) is 0 Å². The number of carbonyl (C=O) groups is 1. The quantitative estimate of drug-likeness (QED) is 0.897. The van der Waals surface area contributed by atoms with Crippen molar-refractivity contribution < 1.29 is 14.3 Å². The fourth-order valence-corrected chi connectivity index (χ4v) is 2.32. The molecular weight excluding hydrogens is 236 g/mol. The van der Waals surface area contributed by atoms with Gasteiger partial charge in [-0.3, -0.25) is 0 Å². The maximum absolute atomic E-state index is 10.9. The molecule has 2 aromatic rings. The van der Waals surface area contributed by atoms with Gasteiger partial charge in [0.1, 0.15) is 5.58 Å². The highest BCUT2D eigenvalue weighted by Gasteiger charge is 2.10. The van der Waals surface area contributed by atoms with Crippen LogP contribution in [0.25, 0.3) is 11.0 Å². The highest BCUT2D eigenvalue weighted by molar-refractivity contribution is 7.99. The fourth-order valence-electron chi connectivity index (χ4n) is 1.58. The Kier molecular flexibility index (Phi) is 3.43. The van der Waals surface area contributed by atoms with Crippen molar-refractivity contribution in [2.24, 2.45) is 0 Å². The minimum absolute atomic E-state index is 0.301. The van der Waals surface area contributed by atoms with E-state index in [9.17, 15) is 4.79 Å². The van der Waals surface area contributed by atoms with Crippen LogP contribution >= 0.6 is 11.8 Å². The number of fused-ring (bicyclic) bond motifs is 1. The molecule has 0 spiro atoms. The maximum atomic E-state index is 10.9. The molecule has 0 saturated carbocycles. The highest BCUT2D eigenvalue weighted by atomic mass is 32.2. The molecular formula is C13H14O3S. The molecule has 0 aliphatic heterocycles. The van der Waals surface area contributed by atoms with Crippen LogP contribution in [0.3, 0.4) is 0 Å². The van der Waals surface area contributed by atoms with E-state index in [1.54, 1.807) is 24.5 Å². The Labute approximate surface area is 104 Å². The first-order chi connectivity index (χ1) is 8.08. The van der Waals surface area contributed by atoms with Gasteiger partial charge >= 0.3 is 5.97 Å². The van der Waals surface area contributed by atoms with Crippen LogP contribution in [0.5, 0.6) is 0 Å². The van der Waals surface area contributed by atoms with Gasteiger partial charge in [0.05, 0.1) is 11.8 Å². The largest absolute Gasteiger partial charge is 0.478 e. The number of hydrogen-bond donors (Lipinski definition) is 1. The van der Waals surface area contributed by atoms with Crippen molar-refractivity contribution in [3.8, 4) is 0 Å². The van der Waals surface area contributed by atoms with Gasteiger partial charge < -0.3 is 9.52 Å². The second-order valence-corrected chi connectivity index (χ2v) is 5.70. The summed E-state index contributed by atoms with van der Waals surface area (Å²) in [5.41, 5.74) is 2.10. The molecule has 1 heterocycles. The predicted molar refractivity (Wildman–Crippen MR) is 69.6 cm³/mol. The van der Waals surface area contributed by atoms with Gasteiger partial charge in [-0.1, -0.05) is 13.8 Å². The standard InChI is InChI=1S/C13H14O3S/c1-8(2)17-7-10-6-16-12-4-3-9(13(14)15)5-11(10)12/h3-6,8H,7H2,1-2H3,(H,14,15). The number of hydrogen-bond acceptors (Lipinski definition) is 3. The number of carboxylic acid groups (broad SMARTS) is 1. The van der Waals surface area contributed by atoms with E-state index >= 15 is 0 Å². The Bertz CT molecular complexity index is 543. The van der Waals surface area contributed by atoms with Crippen molar-refractivity contribution in [1.82, 2.24) is 0 Å². The number of furan rings is 1.